The van der Waals surface area contributed by atoms with E-state index < -0.39 is 17.9 Å². The molecule has 0 bridgehead atoms. The molecule has 0 aromatic carbocycles. The summed E-state index contributed by atoms with van der Waals surface area (Å²) >= 11 is 0. The maximum absolute atomic E-state index is 9.27. The largest absolute Gasteiger partial charge is 0.394 e. The van der Waals surface area contributed by atoms with Gasteiger partial charge in [-0.1, -0.05) is 12.8 Å². The first-order valence-electron chi connectivity index (χ1n) is 10.8. The third-order valence-corrected chi connectivity index (χ3v) is 6.76. The molecule has 2 spiro atoms. The van der Waals surface area contributed by atoms with Crippen molar-refractivity contribution in [2.24, 2.45) is 0 Å². The minimum atomic E-state index is -0.517. The van der Waals surface area contributed by atoms with Crippen LogP contribution in [0.4, 0.5) is 0 Å². The summed E-state index contributed by atoms with van der Waals surface area (Å²) in [6, 6.07) is 0. The lowest BCUT2D eigenvalue weighted by Gasteiger charge is -2.35. The predicted octanol–water partition coefficient (Wildman–Crippen LogP) is 2.24. The van der Waals surface area contributed by atoms with Gasteiger partial charge in [-0.2, -0.15) is 0 Å². The van der Waals surface area contributed by atoms with Gasteiger partial charge in [-0.15, -0.1) is 0 Å². The Labute approximate surface area is 160 Å². The van der Waals surface area contributed by atoms with E-state index >= 15 is 0 Å². The van der Waals surface area contributed by atoms with Gasteiger partial charge >= 0.3 is 0 Å². The molecule has 2 aliphatic carbocycles. The average Bonchev–Trinajstić information content (AvgIpc) is 3.33. The number of aliphatic hydroxyl groups is 1. The van der Waals surface area contributed by atoms with Crippen LogP contribution in [-0.4, -0.2) is 67.2 Å². The minimum absolute atomic E-state index is 0.0292. The molecule has 3 saturated heterocycles. The molecule has 7 heteroatoms. The second-order valence-electron chi connectivity index (χ2n) is 8.64. The first-order valence-corrected chi connectivity index (χ1v) is 10.8. The van der Waals surface area contributed by atoms with Crippen LogP contribution in [0.3, 0.4) is 0 Å². The van der Waals surface area contributed by atoms with Gasteiger partial charge in [-0.25, -0.2) is 0 Å². The van der Waals surface area contributed by atoms with Crippen molar-refractivity contribution >= 4 is 0 Å². The summed E-state index contributed by atoms with van der Waals surface area (Å²) in [5, 5.41) is 9.27. The number of hydrogen-bond donors (Lipinski definition) is 1. The fraction of sp³-hybridized carbons (Fsp3) is 1.00. The highest BCUT2D eigenvalue weighted by molar-refractivity contribution is 5.01. The third-order valence-electron chi connectivity index (χ3n) is 6.76. The molecule has 154 valence electrons. The van der Waals surface area contributed by atoms with Gasteiger partial charge in [0, 0.05) is 25.7 Å². The summed E-state index contributed by atoms with van der Waals surface area (Å²) in [5.74, 6) is -0.963. The van der Waals surface area contributed by atoms with E-state index in [1.54, 1.807) is 0 Å². The highest BCUT2D eigenvalue weighted by atomic mass is 16.9. The molecule has 0 radical (unpaired) electrons. The number of hydrogen-bond acceptors (Lipinski definition) is 7. The van der Waals surface area contributed by atoms with Crippen LogP contribution in [0.2, 0.25) is 0 Å². The van der Waals surface area contributed by atoms with E-state index in [-0.39, 0.29) is 37.6 Å². The van der Waals surface area contributed by atoms with Crippen molar-refractivity contribution in [3.05, 3.63) is 0 Å². The minimum Gasteiger partial charge on any atom is -0.394 e. The Morgan fingerprint density at radius 1 is 0.815 bits per heavy atom. The molecule has 5 fully saturated rings. The quantitative estimate of drug-likeness (QED) is 0.797. The zero-order valence-electron chi connectivity index (χ0n) is 16.0. The van der Waals surface area contributed by atoms with Crippen molar-refractivity contribution in [3.8, 4) is 0 Å². The van der Waals surface area contributed by atoms with Crippen molar-refractivity contribution in [2.45, 2.75) is 106 Å². The van der Waals surface area contributed by atoms with Gasteiger partial charge < -0.3 is 33.5 Å². The molecular formula is C20H32O7. The smallest absolute Gasteiger partial charge is 0.190 e. The van der Waals surface area contributed by atoms with Crippen LogP contribution >= 0.6 is 0 Å². The molecule has 3 aliphatic heterocycles. The number of fused-ring (bicyclic) bond motifs is 1. The SMILES string of the molecule is OCCOC1C(C2COC3(CCCCC3)O2)OC2OC3(CCCCC3)OC21. The molecule has 0 amide bonds. The van der Waals surface area contributed by atoms with Gasteiger partial charge in [-0.3, -0.25) is 0 Å². The molecule has 5 rings (SSSR count). The molecule has 0 aromatic rings. The summed E-state index contributed by atoms with van der Waals surface area (Å²) in [5.41, 5.74) is 0. The van der Waals surface area contributed by atoms with Gasteiger partial charge in [0.2, 0.25) is 0 Å². The number of rotatable bonds is 4. The van der Waals surface area contributed by atoms with Crippen LogP contribution in [0, 0.1) is 0 Å². The summed E-state index contributed by atoms with van der Waals surface area (Å²) in [7, 11) is 0. The molecular weight excluding hydrogens is 352 g/mol. The molecule has 5 atom stereocenters. The highest BCUT2D eigenvalue weighted by Gasteiger charge is 2.61. The second-order valence-corrected chi connectivity index (χ2v) is 8.64. The Morgan fingerprint density at radius 2 is 1.52 bits per heavy atom. The Morgan fingerprint density at radius 3 is 2.22 bits per heavy atom. The lowest BCUT2D eigenvalue weighted by molar-refractivity contribution is -0.262. The molecule has 5 aliphatic rings. The molecule has 7 nitrogen and oxygen atoms in total. The predicted molar refractivity (Wildman–Crippen MR) is 93.9 cm³/mol. The van der Waals surface area contributed by atoms with Gasteiger partial charge in [0.1, 0.15) is 24.4 Å². The maximum Gasteiger partial charge on any atom is 0.190 e. The van der Waals surface area contributed by atoms with Crippen LogP contribution in [0.5, 0.6) is 0 Å². The van der Waals surface area contributed by atoms with E-state index in [1.807, 2.05) is 0 Å². The second kappa shape index (κ2) is 7.52. The van der Waals surface area contributed by atoms with Gasteiger partial charge in [0.05, 0.1) is 19.8 Å². The fourth-order valence-electron chi connectivity index (χ4n) is 5.45. The first kappa shape index (κ1) is 18.7. The van der Waals surface area contributed by atoms with Crippen molar-refractivity contribution in [1.29, 1.82) is 0 Å². The van der Waals surface area contributed by atoms with Gasteiger partial charge in [0.15, 0.2) is 17.9 Å². The van der Waals surface area contributed by atoms with E-state index in [0.717, 1.165) is 51.4 Å². The summed E-state index contributed by atoms with van der Waals surface area (Å²) in [6.45, 7) is 0.732. The Hall–Kier alpha value is -0.280. The number of ether oxygens (including phenoxy) is 6. The molecule has 1 N–H and O–H groups in total. The monoisotopic (exact) mass is 384 g/mol. The standard InChI is InChI=1S/C20H32O7/c21-11-12-22-16-15(14-13-23-19(25-14)7-3-1-4-8-19)24-18-17(16)26-20(27-18)9-5-2-6-10-20/h14-18,21H,1-13H2. The molecule has 27 heavy (non-hydrogen) atoms. The lowest BCUT2D eigenvalue weighted by atomic mass is 9.94. The average molecular weight is 384 g/mol. The third kappa shape index (κ3) is 3.45. The normalized spacial score (nSPS) is 42.8. The topological polar surface area (TPSA) is 75.6 Å². The van der Waals surface area contributed by atoms with Crippen LogP contribution in [0.1, 0.15) is 64.2 Å². The van der Waals surface area contributed by atoms with Crippen molar-refractivity contribution in [2.75, 3.05) is 19.8 Å². The highest BCUT2D eigenvalue weighted by Crippen LogP contribution is 2.48. The summed E-state index contributed by atoms with van der Waals surface area (Å²) in [4.78, 5) is 0. The van der Waals surface area contributed by atoms with Gasteiger partial charge in [0.25, 0.3) is 0 Å². The van der Waals surface area contributed by atoms with Crippen molar-refractivity contribution < 1.29 is 33.5 Å². The zero-order chi connectivity index (χ0) is 18.3. The fourth-order valence-corrected chi connectivity index (χ4v) is 5.45. The number of aliphatic hydroxyl groups excluding tert-OH is 1. The lowest BCUT2D eigenvalue weighted by Crippen LogP contribution is -2.46. The Bertz CT molecular complexity index is 514. The molecule has 3 heterocycles. The van der Waals surface area contributed by atoms with E-state index in [0.29, 0.717) is 6.61 Å². The maximum atomic E-state index is 9.27. The zero-order valence-corrected chi connectivity index (χ0v) is 16.0. The van der Waals surface area contributed by atoms with Crippen molar-refractivity contribution in [1.82, 2.24) is 0 Å². The van der Waals surface area contributed by atoms with Crippen LogP contribution < -0.4 is 0 Å². The summed E-state index contributed by atoms with van der Waals surface area (Å²) < 4.78 is 37.4. The van der Waals surface area contributed by atoms with Gasteiger partial charge in [-0.05, 0) is 25.7 Å². The van der Waals surface area contributed by atoms with Crippen LogP contribution in [0.15, 0.2) is 0 Å². The van der Waals surface area contributed by atoms with E-state index in [1.165, 1.54) is 12.8 Å². The van der Waals surface area contributed by atoms with E-state index in [2.05, 4.69) is 0 Å². The van der Waals surface area contributed by atoms with Crippen molar-refractivity contribution in [3.63, 3.8) is 0 Å². The molecule has 0 aromatic heterocycles. The van der Waals surface area contributed by atoms with E-state index in [9.17, 15) is 5.11 Å². The first-order chi connectivity index (χ1) is 13.2. The van der Waals surface area contributed by atoms with Crippen LogP contribution in [0.25, 0.3) is 0 Å². The Balaban J connectivity index is 1.29. The molecule has 5 unspecified atom stereocenters. The Kier molecular flexibility index (Phi) is 5.22. The van der Waals surface area contributed by atoms with E-state index in [4.69, 9.17) is 28.4 Å². The van der Waals surface area contributed by atoms with Crippen LogP contribution in [-0.2, 0) is 28.4 Å². The molecule has 2 saturated carbocycles. The summed E-state index contributed by atoms with van der Waals surface area (Å²) in [6.07, 6.45) is 9.21.